The lowest BCUT2D eigenvalue weighted by Crippen LogP contribution is -2.47. The van der Waals surface area contributed by atoms with E-state index in [1.165, 1.54) is 12.2 Å². The molecule has 6 atom stereocenters. The summed E-state index contributed by atoms with van der Waals surface area (Å²) in [4.78, 5) is 93.4. The van der Waals surface area contributed by atoms with Crippen LogP contribution in [0.3, 0.4) is 0 Å². The molecule has 58 heavy (non-hydrogen) atoms. The fourth-order valence-electron chi connectivity index (χ4n) is 7.93. The summed E-state index contributed by atoms with van der Waals surface area (Å²) in [7, 11) is 0. The van der Waals surface area contributed by atoms with E-state index in [-0.39, 0.29) is 77.9 Å². The zero-order chi connectivity index (χ0) is 43.7. The molecule has 1 amide bonds. The number of esters is 1. The van der Waals surface area contributed by atoms with Crippen molar-refractivity contribution in [2.45, 2.75) is 114 Å². The van der Waals surface area contributed by atoms with Gasteiger partial charge < -0.3 is 10.1 Å². The lowest BCUT2D eigenvalue weighted by Gasteiger charge is -2.27. The highest BCUT2D eigenvalue weighted by Crippen LogP contribution is 2.70. The van der Waals surface area contributed by atoms with Crippen molar-refractivity contribution < 1.29 is 38.3 Å². The molecule has 1 N–H and O–H groups in total. The number of benzene rings is 1. The summed E-state index contributed by atoms with van der Waals surface area (Å²) in [5.41, 5.74) is 1.85. The number of ether oxygens (including phenoxy) is 1. The molecule has 4 unspecified atom stereocenters. The number of Topliss-reactive ketones (excluding diaryl/α,β-unsaturated/α-hetero) is 2. The third-order valence-electron chi connectivity index (χ3n) is 11.2. The molecule has 0 spiro atoms. The van der Waals surface area contributed by atoms with Gasteiger partial charge in [-0.15, -0.1) is 0 Å². The minimum atomic E-state index is -1.11. The summed E-state index contributed by atoms with van der Waals surface area (Å²) in [6.07, 6.45) is 9.04. The van der Waals surface area contributed by atoms with Crippen LogP contribution in [0.4, 0.5) is 0 Å². The van der Waals surface area contributed by atoms with E-state index in [1.54, 1.807) is 18.2 Å². The molecule has 0 heterocycles. The molecule has 0 aliphatic heterocycles. The molecule has 314 valence electrons. The van der Waals surface area contributed by atoms with Crippen molar-refractivity contribution >= 4 is 40.8 Å². The van der Waals surface area contributed by atoms with Crippen molar-refractivity contribution in [2.24, 2.45) is 46.3 Å². The average Bonchev–Trinajstić information content (AvgIpc) is 3.42. The average molecular weight is 796 g/mol. The number of allylic oxidation sites excluding steroid dienone is 7. The number of hydrogen-bond acceptors (Lipinski definition) is 8. The highest BCUT2D eigenvalue weighted by molar-refractivity contribution is 6.43. The minimum Gasteiger partial charge on any atom is -0.462 e. The van der Waals surface area contributed by atoms with Crippen LogP contribution < -0.4 is 5.32 Å². The second-order valence-corrected chi connectivity index (χ2v) is 18.8. The van der Waals surface area contributed by atoms with E-state index in [1.807, 2.05) is 92.6 Å². The SMILES string of the molecule is C=C(CC(C(=O)C=C(C)C)c1ccccc1)C(=O)C/C=C/C(=O)C(=O)[C@H](CC(C)C)NC(=O)[C@H]1/C(=C/C(=O)C(/C=C/C(=O)OCC(C)C)C(C)(C)C)CC2C1C2(C)C. The Kier molecular flexibility index (Phi) is 16.6. The van der Waals surface area contributed by atoms with Gasteiger partial charge in [0.1, 0.15) is 0 Å². The lowest BCUT2D eigenvalue weighted by molar-refractivity contribution is -0.138. The van der Waals surface area contributed by atoms with Crippen LogP contribution in [0.5, 0.6) is 0 Å². The van der Waals surface area contributed by atoms with Gasteiger partial charge in [0.25, 0.3) is 0 Å². The van der Waals surface area contributed by atoms with Crippen LogP contribution in [-0.4, -0.2) is 53.4 Å². The first-order valence-corrected chi connectivity index (χ1v) is 20.5. The van der Waals surface area contributed by atoms with Crippen LogP contribution in [0.25, 0.3) is 0 Å². The van der Waals surface area contributed by atoms with Crippen molar-refractivity contribution in [3.05, 3.63) is 95.6 Å². The Hall–Kier alpha value is -4.79. The smallest absolute Gasteiger partial charge is 0.330 e. The number of rotatable bonds is 21. The standard InChI is InChI=1S/C49H65NO8/c1-29(2)23-38(46(56)40(52)20-16-19-39(51)32(7)25-35(41(53)24-30(3)4)33-17-14-13-15-18-33)50-47(57)44-34(26-37-45(44)49(37,11)12)27-42(54)36(48(8,9)10)21-22-43(55)58-28-31(5)6/h13-18,20-22,24,27,29,31,35-38,44-45H,7,19,23,25-26,28H2,1-6,8-12H3,(H,50,57)/b20-16+,22-21+,34-27+/t35?,36?,37?,38-,44-,45?/m0/s1. The summed E-state index contributed by atoms with van der Waals surface area (Å²) in [5.74, 6) is -4.93. The van der Waals surface area contributed by atoms with E-state index < -0.39 is 52.7 Å². The van der Waals surface area contributed by atoms with E-state index >= 15 is 0 Å². The monoisotopic (exact) mass is 795 g/mol. The zero-order valence-electron chi connectivity index (χ0n) is 36.5. The number of nitrogens with one attached hydrogen (secondary N) is 1. The van der Waals surface area contributed by atoms with Gasteiger partial charge in [0, 0.05) is 18.4 Å². The Balaban J connectivity index is 1.75. The highest BCUT2D eigenvalue weighted by Gasteiger charge is 2.67. The Bertz CT molecular complexity index is 1860. The largest absolute Gasteiger partial charge is 0.462 e. The summed E-state index contributed by atoms with van der Waals surface area (Å²) < 4.78 is 5.26. The molecular weight excluding hydrogens is 731 g/mol. The minimum absolute atomic E-state index is 0.0375. The van der Waals surface area contributed by atoms with Crippen molar-refractivity contribution in [1.82, 2.24) is 5.32 Å². The number of hydrogen-bond donors (Lipinski definition) is 1. The first kappa shape index (κ1) is 47.6. The molecule has 3 rings (SSSR count). The number of carbonyl (C=O) groups is 7. The molecule has 2 aliphatic carbocycles. The van der Waals surface area contributed by atoms with Crippen molar-refractivity contribution in [3.8, 4) is 0 Å². The molecule has 2 fully saturated rings. The predicted octanol–water partition coefficient (Wildman–Crippen LogP) is 8.64. The van der Waals surface area contributed by atoms with E-state index in [2.05, 4.69) is 25.7 Å². The molecule has 0 bridgehead atoms. The molecule has 1 aromatic carbocycles. The Labute approximate surface area is 345 Å². The van der Waals surface area contributed by atoms with Crippen molar-refractivity contribution in [1.29, 1.82) is 0 Å². The summed E-state index contributed by atoms with van der Waals surface area (Å²) >= 11 is 0. The van der Waals surface area contributed by atoms with E-state index in [4.69, 9.17) is 4.74 Å². The number of carbonyl (C=O) groups excluding carboxylic acids is 7. The van der Waals surface area contributed by atoms with Crippen LogP contribution in [0.15, 0.2) is 90.1 Å². The maximum absolute atomic E-state index is 14.2. The number of fused-ring (bicyclic) bond motifs is 1. The first-order valence-electron chi connectivity index (χ1n) is 20.5. The van der Waals surface area contributed by atoms with E-state index in [9.17, 15) is 33.6 Å². The maximum Gasteiger partial charge on any atom is 0.330 e. The van der Waals surface area contributed by atoms with Crippen LogP contribution in [0, 0.1) is 46.3 Å². The van der Waals surface area contributed by atoms with Gasteiger partial charge in [0.15, 0.2) is 17.3 Å². The third kappa shape index (κ3) is 13.1. The summed E-state index contributed by atoms with van der Waals surface area (Å²) in [6, 6.07) is 8.07. The maximum atomic E-state index is 14.2. The van der Waals surface area contributed by atoms with Gasteiger partial charge in [0.2, 0.25) is 17.5 Å². The van der Waals surface area contributed by atoms with Crippen LogP contribution in [0.2, 0.25) is 0 Å². The predicted molar refractivity (Wildman–Crippen MR) is 227 cm³/mol. The van der Waals surface area contributed by atoms with Gasteiger partial charge in [-0.1, -0.05) is 123 Å². The molecule has 0 radical (unpaired) electrons. The fraction of sp³-hybridized carbons (Fsp3) is 0.531. The molecule has 9 heteroatoms. The second kappa shape index (κ2) is 20.3. The Morgan fingerprint density at radius 1 is 0.931 bits per heavy atom. The van der Waals surface area contributed by atoms with Crippen molar-refractivity contribution in [3.63, 3.8) is 0 Å². The van der Waals surface area contributed by atoms with Crippen LogP contribution in [-0.2, 0) is 38.3 Å². The Morgan fingerprint density at radius 3 is 2.14 bits per heavy atom. The third-order valence-corrected chi connectivity index (χ3v) is 11.2. The van der Waals surface area contributed by atoms with Gasteiger partial charge in [-0.25, -0.2) is 4.79 Å². The van der Waals surface area contributed by atoms with Gasteiger partial charge in [-0.3, -0.25) is 28.8 Å². The molecule has 9 nitrogen and oxygen atoms in total. The molecule has 1 aromatic rings. The van der Waals surface area contributed by atoms with Gasteiger partial charge in [-0.2, -0.15) is 0 Å². The molecule has 2 aliphatic rings. The molecule has 0 saturated heterocycles. The number of ketones is 5. The van der Waals surface area contributed by atoms with Gasteiger partial charge in [-0.05, 0) is 97.0 Å². The normalized spacial score (nSPS) is 20.7. The van der Waals surface area contributed by atoms with Gasteiger partial charge >= 0.3 is 5.97 Å². The van der Waals surface area contributed by atoms with Gasteiger partial charge in [0.05, 0.1) is 24.5 Å². The summed E-state index contributed by atoms with van der Waals surface area (Å²) in [6.45, 7) is 25.4. The molecular formula is C49H65NO8. The Morgan fingerprint density at radius 2 is 1.57 bits per heavy atom. The van der Waals surface area contributed by atoms with E-state index in [0.717, 1.165) is 17.2 Å². The number of amides is 1. The van der Waals surface area contributed by atoms with E-state index in [0.29, 0.717) is 12.0 Å². The molecule has 0 aromatic heterocycles. The first-order chi connectivity index (χ1) is 26.9. The second-order valence-electron chi connectivity index (χ2n) is 18.8. The van der Waals surface area contributed by atoms with Crippen LogP contribution in [0.1, 0.15) is 113 Å². The lowest BCUT2D eigenvalue weighted by atomic mass is 9.76. The summed E-state index contributed by atoms with van der Waals surface area (Å²) in [5, 5.41) is 2.88. The quantitative estimate of drug-likeness (QED) is 0.0741. The fourth-order valence-corrected chi connectivity index (χ4v) is 7.93. The van der Waals surface area contributed by atoms with Crippen molar-refractivity contribution in [2.75, 3.05) is 6.61 Å². The van der Waals surface area contributed by atoms with Crippen LogP contribution >= 0.6 is 0 Å². The molecule has 2 saturated carbocycles. The zero-order valence-corrected chi connectivity index (χ0v) is 36.5. The highest BCUT2D eigenvalue weighted by atomic mass is 16.5. The topological polar surface area (TPSA) is 141 Å².